The SMILES string of the molecule is C=CCOc1ccccc1NS(=O)(=O)c1ccc([N+](=O)[O-])cc1. The van der Waals surface area contributed by atoms with Crippen LogP contribution in [0.3, 0.4) is 0 Å². The molecule has 0 spiro atoms. The van der Waals surface area contributed by atoms with Gasteiger partial charge in [0.1, 0.15) is 12.4 Å². The van der Waals surface area contributed by atoms with Crippen molar-refractivity contribution in [3.05, 3.63) is 71.3 Å². The van der Waals surface area contributed by atoms with Gasteiger partial charge in [-0.15, -0.1) is 0 Å². The Kier molecular flexibility index (Phi) is 4.97. The van der Waals surface area contributed by atoms with Crippen molar-refractivity contribution in [2.45, 2.75) is 4.90 Å². The molecule has 0 fully saturated rings. The van der Waals surface area contributed by atoms with E-state index in [1.807, 2.05) is 0 Å². The van der Waals surface area contributed by atoms with Crippen molar-refractivity contribution >= 4 is 21.4 Å². The summed E-state index contributed by atoms with van der Waals surface area (Å²) in [4.78, 5) is 9.94. The standard InChI is InChI=1S/C15H14N2O5S/c1-2-11-22-15-6-4-3-5-14(15)16-23(20,21)13-9-7-12(8-10-13)17(18)19/h2-10,16H,1,11H2. The highest BCUT2D eigenvalue weighted by Gasteiger charge is 2.17. The summed E-state index contributed by atoms with van der Waals surface area (Å²) in [6.07, 6.45) is 1.54. The van der Waals surface area contributed by atoms with Gasteiger partial charge in [-0.05, 0) is 24.3 Å². The number of nitrogens with one attached hydrogen (secondary N) is 1. The Bertz CT molecular complexity index is 816. The van der Waals surface area contributed by atoms with Crippen LogP contribution in [0.15, 0.2) is 66.1 Å². The fourth-order valence-corrected chi connectivity index (χ4v) is 2.85. The molecule has 0 unspecified atom stereocenters. The lowest BCUT2D eigenvalue weighted by molar-refractivity contribution is -0.384. The predicted molar refractivity (Wildman–Crippen MR) is 86.0 cm³/mol. The molecule has 0 aliphatic carbocycles. The molecule has 0 aromatic heterocycles. The molecule has 2 aromatic rings. The maximum absolute atomic E-state index is 12.4. The highest BCUT2D eigenvalue weighted by Crippen LogP contribution is 2.27. The molecule has 0 aliphatic rings. The minimum atomic E-state index is -3.88. The third-order valence-electron chi connectivity index (χ3n) is 2.85. The predicted octanol–water partition coefficient (Wildman–Crippen LogP) is 2.96. The van der Waals surface area contributed by atoms with Crippen molar-refractivity contribution in [2.75, 3.05) is 11.3 Å². The Balaban J connectivity index is 2.27. The number of nitro benzene ring substituents is 1. The molecule has 8 heteroatoms. The molecule has 0 heterocycles. The first-order chi connectivity index (χ1) is 10.9. The second-order valence-corrected chi connectivity index (χ2v) is 6.13. The molecule has 7 nitrogen and oxygen atoms in total. The summed E-state index contributed by atoms with van der Waals surface area (Å²) in [5.74, 6) is 0.359. The van der Waals surface area contributed by atoms with Gasteiger partial charge in [-0.1, -0.05) is 24.8 Å². The Labute approximate surface area is 133 Å². The highest BCUT2D eigenvalue weighted by molar-refractivity contribution is 7.92. The number of para-hydroxylation sites is 2. The number of ether oxygens (including phenoxy) is 1. The van der Waals surface area contributed by atoms with Gasteiger partial charge in [-0.2, -0.15) is 0 Å². The number of benzene rings is 2. The highest BCUT2D eigenvalue weighted by atomic mass is 32.2. The van der Waals surface area contributed by atoms with Gasteiger partial charge in [0.05, 0.1) is 15.5 Å². The zero-order valence-corrected chi connectivity index (χ0v) is 12.8. The fourth-order valence-electron chi connectivity index (χ4n) is 1.78. The molecule has 0 aliphatic heterocycles. The van der Waals surface area contributed by atoms with Crippen LogP contribution in [0.1, 0.15) is 0 Å². The summed E-state index contributed by atoms with van der Waals surface area (Å²) in [5.41, 5.74) is 0.0892. The molecule has 120 valence electrons. The number of rotatable bonds is 7. The number of hydrogen-bond acceptors (Lipinski definition) is 5. The summed E-state index contributed by atoms with van der Waals surface area (Å²) in [6.45, 7) is 3.76. The largest absolute Gasteiger partial charge is 0.487 e. The number of anilines is 1. The maximum Gasteiger partial charge on any atom is 0.269 e. The van der Waals surface area contributed by atoms with E-state index in [-0.39, 0.29) is 22.9 Å². The van der Waals surface area contributed by atoms with E-state index in [1.54, 1.807) is 30.3 Å². The third-order valence-corrected chi connectivity index (χ3v) is 4.23. The van der Waals surface area contributed by atoms with Crippen LogP contribution in [0.4, 0.5) is 11.4 Å². The molecule has 1 N–H and O–H groups in total. The number of nitrogens with zero attached hydrogens (tertiary/aromatic N) is 1. The zero-order chi connectivity index (χ0) is 16.9. The van der Waals surface area contributed by atoms with E-state index in [1.165, 1.54) is 12.1 Å². The van der Waals surface area contributed by atoms with Gasteiger partial charge in [-0.25, -0.2) is 8.42 Å². The Morgan fingerprint density at radius 2 is 1.83 bits per heavy atom. The Morgan fingerprint density at radius 1 is 1.17 bits per heavy atom. The van der Waals surface area contributed by atoms with Gasteiger partial charge in [0, 0.05) is 12.1 Å². The lowest BCUT2D eigenvalue weighted by Gasteiger charge is -2.12. The number of nitro groups is 1. The van der Waals surface area contributed by atoms with Crippen LogP contribution in [0, 0.1) is 10.1 Å². The smallest absolute Gasteiger partial charge is 0.269 e. The van der Waals surface area contributed by atoms with Crippen LogP contribution in [0.2, 0.25) is 0 Å². The minimum Gasteiger partial charge on any atom is -0.487 e. The maximum atomic E-state index is 12.4. The van der Waals surface area contributed by atoms with Gasteiger partial charge in [0.25, 0.3) is 15.7 Å². The monoisotopic (exact) mass is 334 g/mol. The average Bonchev–Trinajstić information content (AvgIpc) is 2.54. The first-order valence-corrected chi connectivity index (χ1v) is 8.02. The molecule has 23 heavy (non-hydrogen) atoms. The number of sulfonamides is 1. The lowest BCUT2D eigenvalue weighted by atomic mass is 10.3. The first-order valence-electron chi connectivity index (χ1n) is 6.54. The summed E-state index contributed by atoms with van der Waals surface area (Å²) in [6, 6.07) is 11.2. The average molecular weight is 334 g/mol. The molecule has 0 radical (unpaired) electrons. The van der Waals surface area contributed by atoms with Crippen molar-refractivity contribution in [1.82, 2.24) is 0 Å². The van der Waals surface area contributed by atoms with Crippen LogP contribution >= 0.6 is 0 Å². The van der Waals surface area contributed by atoms with Crippen molar-refractivity contribution < 1.29 is 18.1 Å². The molecule has 2 aromatic carbocycles. The van der Waals surface area contributed by atoms with Gasteiger partial charge < -0.3 is 4.74 Å². The van der Waals surface area contributed by atoms with Crippen LogP contribution < -0.4 is 9.46 Å². The molecule has 2 rings (SSSR count). The Morgan fingerprint density at radius 3 is 2.43 bits per heavy atom. The van der Waals surface area contributed by atoms with Crippen molar-refractivity contribution in [3.8, 4) is 5.75 Å². The second-order valence-electron chi connectivity index (χ2n) is 4.45. The minimum absolute atomic E-state index is 0.0818. The number of hydrogen-bond donors (Lipinski definition) is 1. The quantitative estimate of drug-likeness (QED) is 0.477. The summed E-state index contributed by atoms with van der Waals surface area (Å²) >= 11 is 0. The molecule has 0 amide bonds. The second kappa shape index (κ2) is 6.93. The van der Waals surface area contributed by atoms with E-state index in [2.05, 4.69) is 11.3 Å². The van der Waals surface area contributed by atoms with Crippen LogP contribution in [0.25, 0.3) is 0 Å². The van der Waals surface area contributed by atoms with Gasteiger partial charge in [0.15, 0.2) is 0 Å². The van der Waals surface area contributed by atoms with E-state index in [9.17, 15) is 18.5 Å². The van der Waals surface area contributed by atoms with Crippen molar-refractivity contribution in [2.24, 2.45) is 0 Å². The lowest BCUT2D eigenvalue weighted by Crippen LogP contribution is -2.14. The van der Waals surface area contributed by atoms with E-state index in [4.69, 9.17) is 4.74 Å². The fraction of sp³-hybridized carbons (Fsp3) is 0.0667. The third kappa shape index (κ3) is 4.07. The molecule has 0 atom stereocenters. The van der Waals surface area contributed by atoms with Gasteiger partial charge >= 0.3 is 0 Å². The molecule has 0 bridgehead atoms. The zero-order valence-electron chi connectivity index (χ0n) is 12.0. The van der Waals surface area contributed by atoms with E-state index in [0.29, 0.717) is 5.75 Å². The van der Waals surface area contributed by atoms with Gasteiger partial charge in [0.2, 0.25) is 0 Å². The van der Waals surface area contributed by atoms with Gasteiger partial charge in [-0.3, -0.25) is 14.8 Å². The van der Waals surface area contributed by atoms with Crippen LogP contribution in [-0.2, 0) is 10.0 Å². The molecule has 0 saturated carbocycles. The van der Waals surface area contributed by atoms with E-state index >= 15 is 0 Å². The Hall–Kier alpha value is -2.87. The summed E-state index contributed by atoms with van der Waals surface area (Å²) in [7, 11) is -3.88. The summed E-state index contributed by atoms with van der Waals surface area (Å²) in [5, 5.41) is 10.6. The van der Waals surface area contributed by atoms with Crippen molar-refractivity contribution in [3.63, 3.8) is 0 Å². The summed E-state index contributed by atoms with van der Waals surface area (Å²) < 4.78 is 32.5. The normalized spacial score (nSPS) is 10.8. The van der Waals surface area contributed by atoms with E-state index < -0.39 is 14.9 Å². The number of non-ortho nitro benzene ring substituents is 1. The topological polar surface area (TPSA) is 98.5 Å². The van der Waals surface area contributed by atoms with Crippen LogP contribution in [0.5, 0.6) is 5.75 Å². The molecular formula is C15H14N2O5S. The first kappa shape index (κ1) is 16.5. The van der Waals surface area contributed by atoms with Crippen LogP contribution in [-0.4, -0.2) is 19.9 Å². The molecule has 0 saturated heterocycles. The van der Waals surface area contributed by atoms with Crippen molar-refractivity contribution in [1.29, 1.82) is 0 Å². The van der Waals surface area contributed by atoms with E-state index in [0.717, 1.165) is 12.1 Å². The molecular weight excluding hydrogens is 320 g/mol.